The summed E-state index contributed by atoms with van der Waals surface area (Å²) in [5.41, 5.74) is 0. The van der Waals surface area contributed by atoms with E-state index < -0.39 is 36.7 Å². The van der Waals surface area contributed by atoms with Gasteiger partial charge in [-0.15, -0.1) is 0 Å². The van der Waals surface area contributed by atoms with Crippen molar-refractivity contribution < 1.29 is 22.8 Å². The fourth-order valence-corrected chi connectivity index (χ4v) is 5.44. The summed E-state index contributed by atoms with van der Waals surface area (Å²) in [4.78, 5) is 0. The van der Waals surface area contributed by atoms with Crippen molar-refractivity contribution in [3.63, 3.8) is 0 Å². The molecular weight excluding hydrogens is 373 g/mol. The summed E-state index contributed by atoms with van der Waals surface area (Å²) in [6.45, 7) is 20.4. The molecule has 9 heteroatoms. The molecule has 1 saturated heterocycles. The third-order valence-corrected chi connectivity index (χ3v) is 6.66. The molecule has 0 radical (unpaired) electrons. The van der Waals surface area contributed by atoms with Crippen molar-refractivity contribution in [2.45, 2.75) is 83.1 Å². The molecule has 0 spiro atoms. The largest absolute Gasteiger partial charge is 0.412 e. The Morgan fingerprint density at radius 3 is 1.79 bits per heavy atom. The van der Waals surface area contributed by atoms with Crippen molar-refractivity contribution in [1.29, 1.82) is 0 Å². The highest BCUT2D eigenvalue weighted by molar-refractivity contribution is 6.70. The number of hydrogen-bond acceptors (Lipinski definition) is 5. The second-order valence-corrected chi connectivity index (χ2v) is 23.8. The first kappa shape index (κ1) is 22.7. The summed E-state index contributed by atoms with van der Waals surface area (Å²) in [6, 6.07) is 1.20. The van der Waals surface area contributed by atoms with Crippen LogP contribution in [0.1, 0.15) is 6.42 Å². The Morgan fingerprint density at radius 2 is 1.38 bits per heavy atom. The Labute approximate surface area is 154 Å². The van der Waals surface area contributed by atoms with Crippen LogP contribution in [-0.4, -0.2) is 60.2 Å². The van der Waals surface area contributed by atoms with Gasteiger partial charge in [-0.2, -0.15) is 0 Å². The number of ether oxygens (including phenoxy) is 2. The summed E-state index contributed by atoms with van der Waals surface area (Å²) in [6.07, 6.45) is 1.03. The Kier molecular flexibility index (Phi) is 7.31. The van der Waals surface area contributed by atoms with Gasteiger partial charge in [0.1, 0.15) is 0 Å². The molecule has 1 fully saturated rings. The summed E-state index contributed by atoms with van der Waals surface area (Å²) < 4.78 is 31.1. The van der Waals surface area contributed by atoms with Crippen LogP contribution in [0, 0.1) is 0 Å². The molecule has 1 heterocycles. The topological polar surface area (TPSA) is 49.5 Å². The van der Waals surface area contributed by atoms with Crippen molar-refractivity contribution in [1.82, 2.24) is 0 Å². The van der Waals surface area contributed by atoms with Crippen LogP contribution < -0.4 is 0 Å². The van der Waals surface area contributed by atoms with E-state index in [9.17, 15) is 0 Å². The monoisotopic (exact) mass is 410 g/mol. The van der Waals surface area contributed by atoms with Crippen LogP contribution in [0.3, 0.4) is 0 Å². The Hall–Kier alpha value is 0.668. The number of epoxide rings is 1. The number of hydrogen-bond donors (Lipinski definition) is 0. The highest BCUT2D eigenvalue weighted by Crippen LogP contribution is 2.54. The van der Waals surface area contributed by atoms with Gasteiger partial charge >= 0.3 is 5.97 Å². The minimum absolute atomic E-state index is 0.373. The third kappa shape index (κ3) is 7.12. The molecule has 0 N–H and O–H groups in total. The number of rotatable bonds is 11. The van der Waals surface area contributed by atoms with Gasteiger partial charge in [0.05, 0.1) is 13.2 Å². The van der Waals surface area contributed by atoms with Crippen LogP contribution >= 0.6 is 0 Å². The normalized spacial score (nSPS) is 28.4. The van der Waals surface area contributed by atoms with Crippen LogP contribution in [0.25, 0.3) is 0 Å². The highest BCUT2D eigenvalue weighted by Gasteiger charge is 2.78. The SMILES string of the molecule is C[Si](C)(C)OCC1(O[Si](C)(C)C)OC1(OCCC[SiH3])O[Si](C)(C)C. The molecule has 1 aliphatic heterocycles. The van der Waals surface area contributed by atoms with Crippen LogP contribution in [0.15, 0.2) is 0 Å². The van der Waals surface area contributed by atoms with E-state index in [1.165, 1.54) is 16.3 Å². The van der Waals surface area contributed by atoms with Gasteiger partial charge in [-0.1, -0.05) is 6.04 Å². The first-order valence-corrected chi connectivity index (χ1v) is 20.7. The molecule has 0 aromatic carbocycles. The highest BCUT2D eigenvalue weighted by atomic mass is 28.4. The molecule has 0 saturated carbocycles. The van der Waals surface area contributed by atoms with E-state index in [-0.39, 0.29) is 0 Å². The van der Waals surface area contributed by atoms with Crippen molar-refractivity contribution in [2.24, 2.45) is 0 Å². The summed E-state index contributed by atoms with van der Waals surface area (Å²) in [5, 5.41) is 0. The maximum atomic E-state index is 6.42. The van der Waals surface area contributed by atoms with Gasteiger partial charge in [0.25, 0.3) is 5.79 Å². The average molecular weight is 411 g/mol. The molecule has 5 nitrogen and oxygen atoms in total. The molecule has 2 unspecified atom stereocenters. The second-order valence-electron chi connectivity index (χ2n) is 9.44. The Balaban J connectivity index is 3.01. The molecular formula is C15H38O5Si4. The van der Waals surface area contributed by atoms with Crippen LogP contribution in [0.2, 0.25) is 65.0 Å². The van der Waals surface area contributed by atoms with E-state index in [0.29, 0.717) is 13.2 Å². The van der Waals surface area contributed by atoms with Gasteiger partial charge < -0.3 is 18.0 Å². The van der Waals surface area contributed by atoms with E-state index >= 15 is 0 Å². The molecule has 24 heavy (non-hydrogen) atoms. The molecule has 1 aliphatic rings. The zero-order valence-corrected chi connectivity index (χ0v) is 22.4. The van der Waals surface area contributed by atoms with Crippen molar-refractivity contribution in [3.05, 3.63) is 0 Å². The van der Waals surface area contributed by atoms with Gasteiger partial charge in [0.15, 0.2) is 25.0 Å². The minimum atomic E-state index is -1.88. The summed E-state index contributed by atoms with van der Waals surface area (Å²) in [7, 11) is -4.26. The molecule has 144 valence electrons. The van der Waals surface area contributed by atoms with Crippen LogP contribution in [0.4, 0.5) is 0 Å². The van der Waals surface area contributed by atoms with E-state index in [0.717, 1.165) is 6.42 Å². The maximum Gasteiger partial charge on any atom is 0.335 e. The molecule has 1 rings (SSSR count). The lowest BCUT2D eigenvalue weighted by atomic mass is 10.3. The molecule has 0 amide bonds. The fourth-order valence-electron chi connectivity index (χ4n) is 2.25. The molecule has 0 aromatic rings. The fraction of sp³-hybridized carbons (Fsp3) is 1.00. The quantitative estimate of drug-likeness (QED) is 0.227. The molecule has 0 aliphatic carbocycles. The van der Waals surface area contributed by atoms with Crippen LogP contribution in [-0.2, 0) is 22.8 Å². The van der Waals surface area contributed by atoms with E-state index in [1.807, 2.05) is 0 Å². The predicted molar refractivity (Wildman–Crippen MR) is 110 cm³/mol. The first-order valence-electron chi connectivity index (χ1n) is 9.02. The molecule has 2 atom stereocenters. The van der Waals surface area contributed by atoms with Crippen molar-refractivity contribution in [2.75, 3.05) is 13.2 Å². The predicted octanol–water partition coefficient (Wildman–Crippen LogP) is 3.11. The lowest BCUT2D eigenvalue weighted by Gasteiger charge is -2.31. The smallest absolute Gasteiger partial charge is 0.335 e. The van der Waals surface area contributed by atoms with Crippen LogP contribution in [0.5, 0.6) is 0 Å². The third-order valence-electron chi connectivity index (χ3n) is 3.12. The molecule has 0 bridgehead atoms. The standard InChI is InChI=1S/C15H38O5Si4/c1-22(2,3)17-13-14(19-23(4,5)6)15(18-14,16-11-10-12-21)20-24(7,8)9/h10-13H2,1-9,21H3. The van der Waals surface area contributed by atoms with Gasteiger partial charge in [-0.3, -0.25) is 4.74 Å². The second kappa shape index (κ2) is 7.73. The van der Waals surface area contributed by atoms with E-state index in [2.05, 4.69) is 58.9 Å². The summed E-state index contributed by atoms with van der Waals surface area (Å²) in [5.74, 6) is -2.00. The van der Waals surface area contributed by atoms with Gasteiger partial charge in [-0.05, 0) is 65.3 Å². The Morgan fingerprint density at radius 1 is 0.833 bits per heavy atom. The lowest BCUT2D eigenvalue weighted by Crippen LogP contribution is -2.49. The Bertz CT molecular complexity index is 416. The van der Waals surface area contributed by atoms with Crippen molar-refractivity contribution >= 4 is 35.2 Å². The molecule has 0 aromatic heterocycles. The summed E-state index contributed by atoms with van der Waals surface area (Å²) >= 11 is 0. The zero-order chi connectivity index (χ0) is 18.9. The van der Waals surface area contributed by atoms with E-state index in [4.69, 9.17) is 22.8 Å². The lowest BCUT2D eigenvalue weighted by molar-refractivity contribution is -0.189. The zero-order valence-electron chi connectivity index (χ0n) is 17.4. The average Bonchev–Trinajstić information content (AvgIpc) is 2.88. The van der Waals surface area contributed by atoms with Gasteiger partial charge in [0, 0.05) is 10.2 Å². The first-order chi connectivity index (χ1) is 10.6. The van der Waals surface area contributed by atoms with Crippen molar-refractivity contribution in [3.8, 4) is 0 Å². The van der Waals surface area contributed by atoms with Gasteiger partial charge in [0.2, 0.25) is 0 Å². The maximum absolute atomic E-state index is 6.42. The van der Waals surface area contributed by atoms with E-state index in [1.54, 1.807) is 0 Å². The van der Waals surface area contributed by atoms with Gasteiger partial charge in [-0.25, -0.2) is 0 Å². The minimum Gasteiger partial charge on any atom is -0.412 e.